The van der Waals surface area contributed by atoms with E-state index in [0.717, 1.165) is 31.5 Å². The topological polar surface area (TPSA) is 29.3 Å². The van der Waals surface area contributed by atoms with Gasteiger partial charge in [0.15, 0.2) is 11.6 Å². The summed E-state index contributed by atoms with van der Waals surface area (Å²) >= 11 is 0. The first kappa shape index (κ1) is 13.4. The molecule has 2 rings (SSSR count). The van der Waals surface area contributed by atoms with E-state index in [9.17, 15) is 8.78 Å². The molecule has 2 nitrogen and oxygen atoms in total. The van der Waals surface area contributed by atoms with Gasteiger partial charge in [0.2, 0.25) is 0 Å². The maximum absolute atomic E-state index is 13.4. The van der Waals surface area contributed by atoms with Gasteiger partial charge < -0.3 is 5.73 Å². The molecule has 0 saturated carbocycles. The molecule has 1 aliphatic heterocycles. The molecule has 2 N–H and O–H groups in total. The molecule has 1 aliphatic rings. The summed E-state index contributed by atoms with van der Waals surface area (Å²) in [5.41, 5.74) is 6.64. The van der Waals surface area contributed by atoms with Crippen molar-refractivity contribution in [3.63, 3.8) is 0 Å². The fraction of sp³-hybridized carbons (Fsp3) is 0.571. The largest absolute Gasteiger partial charge is 0.330 e. The average molecular weight is 254 g/mol. The SMILES string of the molecule is CCCN1CCC(CN)C1c1ccc(F)c(F)c1. The molecule has 0 radical (unpaired) electrons. The molecule has 2 unspecified atom stereocenters. The smallest absolute Gasteiger partial charge is 0.159 e. The second-order valence-corrected chi connectivity index (χ2v) is 4.94. The first-order chi connectivity index (χ1) is 8.67. The molecule has 18 heavy (non-hydrogen) atoms. The Bertz CT molecular complexity index is 409. The van der Waals surface area contributed by atoms with E-state index < -0.39 is 11.6 Å². The number of benzene rings is 1. The first-order valence-corrected chi connectivity index (χ1v) is 6.56. The molecule has 1 aromatic carbocycles. The summed E-state index contributed by atoms with van der Waals surface area (Å²) in [6, 6.07) is 4.34. The molecule has 0 bridgehead atoms. The van der Waals surface area contributed by atoms with Crippen LogP contribution in [0.3, 0.4) is 0 Å². The van der Waals surface area contributed by atoms with Crippen molar-refractivity contribution in [3.8, 4) is 0 Å². The van der Waals surface area contributed by atoms with E-state index in [0.29, 0.717) is 12.5 Å². The number of halogens is 2. The Morgan fingerprint density at radius 1 is 1.33 bits per heavy atom. The van der Waals surface area contributed by atoms with Crippen LogP contribution in [0.4, 0.5) is 8.78 Å². The van der Waals surface area contributed by atoms with Crippen LogP contribution in [0, 0.1) is 17.6 Å². The van der Waals surface area contributed by atoms with Gasteiger partial charge in [-0.05, 0) is 56.1 Å². The molecule has 0 amide bonds. The zero-order chi connectivity index (χ0) is 13.1. The highest BCUT2D eigenvalue weighted by Gasteiger charge is 2.34. The lowest BCUT2D eigenvalue weighted by Crippen LogP contribution is -2.29. The summed E-state index contributed by atoms with van der Waals surface area (Å²) < 4.78 is 26.3. The van der Waals surface area contributed by atoms with E-state index in [2.05, 4.69) is 11.8 Å². The third-order valence-electron chi connectivity index (χ3n) is 3.73. The van der Waals surface area contributed by atoms with E-state index in [4.69, 9.17) is 5.73 Å². The Balaban J connectivity index is 2.28. The Hall–Kier alpha value is -1.00. The second-order valence-electron chi connectivity index (χ2n) is 4.94. The van der Waals surface area contributed by atoms with Gasteiger partial charge in [0.1, 0.15) is 0 Å². The van der Waals surface area contributed by atoms with Crippen molar-refractivity contribution < 1.29 is 8.78 Å². The van der Waals surface area contributed by atoms with Gasteiger partial charge in [0, 0.05) is 6.04 Å². The van der Waals surface area contributed by atoms with Crippen LogP contribution in [0.15, 0.2) is 18.2 Å². The molecular formula is C14H20F2N2. The van der Waals surface area contributed by atoms with Gasteiger partial charge >= 0.3 is 0 Å². The minimum Gasteiger partial charge on any atom is -0.330 e. The summed E-state index contributed by atoms with van der Waals surface area (Å²) in [5.74, 6) is -1.23. The number of likely N-dealkylation sites (tertiary alicyclic amines) is 1. The predicted octanol–water partition coefficient (Wildman–Crippen LogP) is 2.70. The van der Waals surface area contributed by atoms with Crippen LogP contribution in [0.2, 0.25) is 0 Å². The highest BCUT2D eigenvalue weighted by atomic mass is 19.2. The number of nitrogens with zero attached hydrogens (tertiary/aromatic N) is 1. The van der Waals surface area contributed by atoms with E-state index in [1.807, 2.05) is 0 Å². The van der Waals surface area contributed by atoms with Crippen molar-refractivity contribution in [1.29, 1.82) is 0 Å². The highest BCUT2D eigenvalue weighted by molar-refractivity contribution is 5.23. The predicted molar refractivity (Wildman–Crippen MR) is 68.1 cm³/mol. The van der Waals surface area contributed by atoms with Crippen LogP contribution in [-0.4, -0.2) is 24.5 Å². The Labute approximate surface area is 107 Å². The van der Waals surface area contributed by atoms with Crippen molar-refractivity contribution in [2.45, 2.75) is 25.8 Å². The molecule has 0 aliphatic carbocycles. The van der Waals surface area contributed by atoms with Gasteiger partial charge in [-0.3, -0.25) is 4.90 Å². The Morgan fingerprint density at radius 2 is 2.11 bits per heavy atom. The average Bonchev–Trinajstić information content (AvgIpc) is 2.76. The lowest BCUT2D eigenvalue weighted by Gasteiger charge is -2.28. The third kappa shape index (κ3) is 2.54. The molecule has 4 heteroatoms. The van der Waals surface area contributed by atoms with E-state index in [1.165, 1.54) is 12.1 Å². The zero-order valence-electron chi connectivity index (χ0n) is 10.7. The van der Waals surface area contributed by atoms with Crippen molar-refractivity contribution in [2.24, 2.45) is 11.7 Å². The summed E-state index contributed by atoms with van der Waals surface area (Å²) in [4.78, 5) is 2.32. The van der Waals surface area contributed by atoms with Gasteiger partial charge in [-0.1, -0.05) is 13.0 Å². The molecular weight excluding hydrogens is 234 g/mol. The third-order valence-corrected chi connectivity index (χ3v) is 3.73. The lowest BCUT2D eigenvalue weighted by molar-refractivity contribution is 0.230. The molecule has 1 fully saturated rings. The van der Waals surface area contributed by atoms with Crippen LogP contribution >= 0.6 is 0 Å². The van der Waals surface area contributed by atoms with Crippen molar-refractivity contribution in [1.82, 2.24) is 4.90 Å². The van der Waals surface area contributed by atoms with Gasteiger partial charge in [0.25, 0.3) is 0 Å². The summed E-state index contributed by atoms with van der Waals surface area (Å²) in [5, 5.41) is 0. The fourth-order valence-corrected chi connectivity index (χ4v) is 2.89. The minimum atomic E-state index is -0.789. The highest BCUT2D eigenvalue weighted by Crippen LogP contribution is 2.37. The quantitative estimate of drug-likeness (QED) is 0.895. The van der Waals surface area contributed by atoms with Gasteiger partial charge in [-0.15, -0.1) is 0 Å². The van der Waals surface area contributed by atoms with Crippen LogP contribution in [-0.2, 0) is 0 Å². The van der Waals surface area contributed by atoms with Crippen molar-refractivity contribution in [2.75, 3.05) is 19.6 Å². The number of rotatable bonds is 4. The molecule has 1 saturated heterocycles. The minimum absolute atomic E-state index is 0.130. The van der Waals surface area contributed by atoms with Gasteiger partial charge in [0.05, 0.1) is 0 Å². The molecule has 0 spiro atoms. The summed E-state index contributed by atoms with van der Waals surface area (Å²) in [6.45, 7) is 4.67. The second kappa shape index (κ2) is 5.76. The normalized spacial score (nSPS) is 24.7. The molecule has 1 heterocycles. The number of nitrogens with two attached hydrogens (primary N) is 1. The zero-order valence-corrected chi connectivity index (χ0v) is 10.7. The van der Waals surface area contributed by atoms with E-state index >= 15 is 0 Å². The maximum Gasteiger partial charge on any atom is 0.159 e. The summed E-state index contributed by atoms with van der Waals surface area (Å²) in [7, 11) is 0. The number of hydrogen-bond acceptors (Lipinski definition) is 2. The van der Waals surface area contributed by atoms with Gasteiger partial charge in [-0.25, -0.2) is 8.78 Å². The molecule has 1 aromatic rings. The standard InChI is InChI=1S/C14H20F2N2/c1-2-6-18-7-5-11(9-17)14(18)10-3-4-12(15)13(16)8-10/h3-4,8,11,14H,2,5-7,9,17H2,1H3. The maximum atomic E-state index is 13.4. The van der Waals surface area contributed by atoms with Gasteiger partial charge in [-0.2, -0.15) is 0 Å². The monoisotopic (exact) mass is 254 g/mol. The van der Waals surface area contributed by atoms with E-state index in [-0.39, 0.29) is 6.04 Å². The first-order valence-electron chi connectivity index (χ1n) is 6.56. The molecule has 0 aromatic heterocycles. The van der Waals surface area contributed by atoms with Crippen molar-refractivity contribution in [3.05, 3.63) is 35.4 Å². The van der Waals surface area contributed by atoms with Crippen LogP contribution in [0.25, 0.3) is 0 Å². The van der Waals surface area contributed by atoms with Crippen LogP contribution < -0.4 is 5.73 Å². The molecule has 2 atom stereocenters. The van der Waals surface area contributed by atoms with Crippen LogP contribution in [0.1, 0.15) is 31.4 Å². The molecule has 100 valence electrons. The fourth-order valence-electron chi connectivity index (χ4n) is 2.89. The van der Waals surface area contributed by atoms with Crippen molar-refractivity contribution >= 4 is 0 Å². The number of hydrogen-bond donors (Lipinski definition) is 1. The Kier molecular flexibility index (Phi) is 4.30. The Morgan fingerprint density at radius 3 is 2.72 bits per heavy atom. The summed E-state index contributed by atoms with van der Waals surface area (Å²) in [6.07, 6.45) is 2.08. The van der Waals surface area contributed by atoms with E-state index in [1.54, 1.807) is 6.07 Å². The van der Waals surface area contributed by atoms with Crippen LogP contribution in [0.5, 0.6) is 0 Å². The lowest BCUT2D eigenvalue weighted by atomic mass is 9.93.